The van der Waals surface area contributed by atoms with Crippen LogP contribution in [0.3, 0.4) is 0 Å². The number of carbonyl (C=O) groups is 1. The SMILES string of the molecule is O=C(Cn1ccc2c(Br)cccc21)NC1CCN(Cc2ccccc2)CC1. The number of nitrogens with one attached hydrogen (secondary N) is 1. The number of halogens is 1. The molecule has 0 saturated carbocycles. The predicted octanol–water partition coefficient (Wildman–Crippen LogP) is 4.18. The quantitative estimate of drug-likeness (QED) is 0.665. The topological polar surface area (TPSA) is 37.3 Å². The summed E-state index contributed by atoms with van der Waals surface area (Å²) in [6.07, 6.45) is 4.00. The Hall–Kier alpha value is -2.11. The molecular weight excluding hydrogens is 402 g/mol. The van der Waals surface area contributed by atoms with Crippen LogP contribution in [0, 0.1) is 0 Å². The van der Waals surface area contributed by atoms with Gasteiger partial charge in [-0.25, -0.2) is 0 Å². The van der Waals surface area contributed by atoms with Crippen LogP contribution in [0.5, 0.6) is 0 Å². The minimum atomic E-state index is 0.0917. The van der Waals surface area contributed by atoms with Crippen molar-refractivity contribution in [2.75, 3.05) is 13.1 Å². The van der Waals surface area contributed by atoms with Crippen molar-refractivity contribution in [3.05, 3.63) is 70.8 Å². The standard InChI is InChI=1S/C22H24BrN3O/c23-20-7-4-8-21-19(20)11-14-26(21)16-22(27)24-18-9-12-25(13-10-18)15-17-5-2-1-3-6-17/h1-8,11,14,18H,9-10,12-13,15-16H2,(H,24,27). The lowest BCUT2D eigenvalue weighted by Gasteiger charge is -2.32. The van der Waals surface area contributed by atoms with Crippen LogP contribution < -0.4 is 5.32 Å². The summed E-state index contributed by atoms with van der Waals surface area (Å²) >= 11 is 3.57. The lowest BCUT2D eigenvalue weighted by atomic mass is 10.0. The fourth-order valence-electron chi connectivity index (χ4n) is 3.83. The van der Waals surface area contributed by atoms with Crippen LogP contribution in [-0.2, 0) is 17.9 Å². The maximum Gasteiger partial charge on any atom is 0.240 e. The molecule has 1 saturated heterocycles. The Labute approximate surface area is 168 Å². The molecule has 2 aromatic carbocycles. The van der Waals surface area contributed by atoms with Crippen molar-refractivity contribution in [3.8, 4) is 0 Å². The summed E-state index contributed by atoms with van der Waals surface area (Å²) < 4.78 is 3.07. The van der Waals surface area contributed by atoms with Gasteiger partial charge in [-0.1, -0.05) is 52.3 Å². The smallest absolute Gasteiger partial charge is 0.240 e. The highest BCUT2D eigenvalue weighted by Gasteiger charge is 2.21. The average Bonchev–Trinajstić information content (AvgIpc) is 3.08. The average molecular weight is 426 g/mol. The first-order valence-electron chi connectivity index (χ1n) is 9.48. The van der Waals surface area contributed by atoms with Crippen molar-refractivity contribution in [1.29, 1.82) is 0 Å². The van der Waals surface area contributed by atoms with Gasteiger partial charge in [0, 0.05) is 47.2 Å². The minimum absolute atomic E-state index is 0.0917. The van der Waals surface area contributed by atoms with Crippen LogP contribution in [0.4, 0.5) is 0 Å². The number of nitrogens with zero attached hydrogens (tertiary/aromatic N) is 2. The molecule has 0 spiro atoms. The van der Waals surface area contributed by atoms with E-state index in [0.717, 1.165) is 47.9 Å². The molecule has 0 aliphatic carbocycles. The van der Waals surface area contributed by atoms with Crippen molar-refractivity contribution in [1.82, 2.24) is 14.8 Å². The Kier molecular flexibility index (Phi) is 5.60. The van der Waals surface area contributed by atoms with Crippen molar-refractivity contribution < 1.29 is 4.79 Å². The first-order chi connectivity index (χ1) is 13.2. The van der Waals surface area contributed by atoms with Crippen LogP contribution in [0.1, 0.15) is 18.4 Å². The molecule has 140 valence electrons. The number of hydrogen-bond acceptors (Lipinski definition) is 2. The van der Waals surface area contributed by atoms with Crippen LogP contribution in [0.25, 0.3) is 10.9 Å². The Bertz CT molecular complexity index is 914. The molecule has 4 nitrogen and oxygen atoms in total. The number of carbonyl (C=O) groups excluding carboxylic acids is 1. The zero-order valence-electron chi connectivity index (χ0n) is 15.3. The van der Waals surface area contributed by atoms with Gasteiger partial charge in [-0.15, -0.1) is 0 Å². The number of benzene rings is 2. The van der Waals surface area contributed by atoms with E-state index in [1.54, 1.807) is 0 Å². The van der Waals surface area contributed by atoms with Gasteiger partial charge in [-0.05, 0) is 36.6 Å². The van der Waals surface area contributed by atoms with Crippen LogP contribution in [0.2, 0.25) is 0 Å². The second kappa shape index (κ2) is 8.28. The molecule has 3 aromatic rings. The summed E-state index contributed by atoms with van der Waals surface area (Å²) in [6.45, 7) is 3.41. The second-order valence-electron chi connectivity index (χ2n) is 7.22. The highest BCUT2D eigenvalue weighted by Crippen LogP contribution is 2.24. The molecular formula is C22H24BrN3O. The van der Waals surface area contributed by atoms with Gasteiger partial charge in [0.1, 0.15) is 6.54 Å². The second-order valence-corrected chi connectivity index (χ2v) is 8.07. The van der Waals surface area contributed by atoms with Gasteiger partial charge in [-0.2, -0.15) is 0 Å². The molecule has 27 heavy (non-hydrogen) atoms. The van der Waals surface area contributed by atoms with Gasteiger partial charge >= 0.3 is 0 Å². The fraction of sp³-hybridized carbons (Fsp3) is 0.318. The third-order valence-corrected chi connectivity index (χ3v) is 5.97. The van der Waals surface area contributed by atoms with E-state index in [0.29, 0.717) is 6.54 Å². The summed E-state index contributed by atoms with van der Waals surface area (Å²) in [7, 11) is 0. The predicted molar refractivity (Wildman–Crippen MR) is 113 cm³/mol. The van der Waals surface area contributed by atoms with Crippen molar-refractivity contribution in [3.63, 3.8) is 0 Å². The molecule has 1 fully saturated rings. The van der Waals surface area contributed by atoms with Gasteiger partial charge in [0.25, 0.3) is 0 Å². The largest absolute Gasteiger partial charge is 0.352 e. The van der Waals surface area contributed by atoms with Crippen molar-refractivity contribution in [2.45, 2.75) is 32.0 Å². The number of rotatable bonds is 5. The van der Waals surface area contributed by atoms with Crippen molar-refractivity contribution in [2.24, 2.45) is 0 Å². The summed E-state index contributed by atoms with van der Waals surface area (Å²) in [5.41, 5.74) is 2.43. The Balaban J connectivity index is 1.28. The zero-order valence-corrected chi connectivity index (χ0v) is 16.9. The number of piperidine rings is 1. The van der Waals surface area contributed by atoms with E-state index >= 15 is 0 Å². The summed E-state index contributed by atoms with van der Waals surface area (Å²) in [6, 6.07) is 19.0. The van der Waals surface area contributed by atoms with Gasteiger partial charge in [-0.3, -0.25) is 9.69 Å². The fourth-order valence-corrected chi connectivity index (χ4v) is 4.32. The molecule has 2 heterocycles. The maximum absolute atomic E-state index is 12.5. The van der Waals surface area contributed by atoms with Gasteiger partial charge < -0.3 is 9.88 Å². The molecule has 0 bridgehead atoms. The van der Waals surface area contributed by atoms with E-state index in [1.807, 2.05) is 22.9 Å². The molecule has 0 atom stereocenters. The summed E-state index contributed by atoms with van der Waals surface area (Å²) in [4.78, 5) is 15.0. The number of amides is 1. The van der Waals surface area contributed by atoms with Gasteiger partial charge in [0.2, 0.25) is 5.91 Å². The highest BCUT2D eigenvalue weighted by molar-refractivity contribution is 9.10. The molecule has 0 unspecified atom stereocenters. The van der Waals surface area contributed by atoms with E-state index in [1.165, 1.54) is 5.56 Å². The van der Waals surface area contributed by atoms with Crippen molar-refractivity contribution >= 4 is 32.7 Å². The van der Waals surface area contributed by atoms with E-state index in [-0.39, 0.29) is 11.9 Å². The molecule has 5 heteroatoms. The van der Waals surface area contributed by atoms with Gasteiger partial charge in [0.15, 0.2) is 0 Å². The van der Waals surface area contributed by atoms with E-state index in [9.17, 15) is 4.79 Å². The first-order valence-corrected chi connectivity index (χ1v) is 10.3. The summed E-state index contributed by atoms with van der Waals surface area (Å²) in [5.74, 6) is 0.0917. The Morgan fingerprint density at radius 2 is 1.81 bits per heavy atom. The maximum atomic E-state index is 12.5. The number of likely N-dealkylation sites (tertiary alicyclic amines) is 1. The van der Waals surface area contributed by atoms with E-state index < -0.39 is 0 Å². The molecule has 1 aliphatic heterocycles. The number of fused-ring (bicyclic) bond motifs is 1. The molecule has 1 amide bonds. The Morgan fingerprint density at radius 1 is 1.04 bits per heavy atom. The summed E-state index contributed by atoms with van der Waals surface area (Å²) in [5, 5.41) is 4.36. The molecule has 1 aromatic heterocycles. The number of aromatic nitrogens is 1. The number of hydrogen-bond donors (Lipinski definition) is 1. The van der Waals surface area contributed by atoms with Gasteiger partial charge in [0.05, 0.1) is 0 Å². The van der Waals surface area contributed by atoms with Crippen LogP contribution >= 0.6 is 15.9 Å². The third kappa shape index (κ3) is 4.42. The first kappa shape index (κ1) is 18.3. The van der Waals surface area contributed by atoms with E-state index in [4.69, 9.17) is 0 Å². The molecule has 0 radical (unpaired) electrons. The van der Waals surface area contributed by atoms with Crippen LogP contribution in [-0.4, -0.2) is 34.5 Å². The Morgan fingerprint density at radius 3 is 2.59 bits per heavy atom. The van der Waals surface area contributed by atoms with Crippen LogP contribution in [0.15, 0.2) is 65.3 Å². The third-order valence-electron chi connectivity index (χ3n) is 5.28. The lowest BCUT2D eigenvalue weighted by Crippen LogP contribution is -2.45. The van der Waals surface area contributed by atoms with E-state index in [2.05, 4.69) is 68.6 Å². The molecule has 1 aliphatic rings. The highest BCUT2D eigenvalue weighted by atomic mass is 79.9. The lowest BCUT2D eigenvalue weighted by molar-refractivity contribution is -0.122. The zero-order chi connectivity index (χ0) is 18.6. The normalized spacial score (nSPS) is 15.9. The minimum Gasteiger partial charge on any atom is -0.352 e. The molecule has 4 rings (SSSR count). The molecule has 1 N–H and O–H groups in total. The monoisotopic (exact) mass is 425 g/mol.